The van der Waals surface area contributed by atoms with Gasteiger partial charge in [-0.2, -0.15) is 0 Å². The van der Waals surface area contributed by atoms with Crippen molar-refractivity contribution in [3.63, 3.8) is 0 Å². The summed E-state index contributed by atoms with van der Waals surface area (Å²) in [4.78, 5) is 0. The van der Waals surface area contributed by atoms with E-state index < -0.39 is 0 Å². The third-order valence-electron chi connectivity index (χ3n) is 2.67. The van der Waals surface area contributed by atoms with Crippen LogP contribution in [-0.4, -0.2) is 12.7 Å². The number of hydrazine groups is 1. The van der Waals surface area contributed by atoms with Crippen molar-refractivity contribution in [2.24, 2.45) is 5.84 Å². The first-order chi connectivity index (χ1) is 6.90. The fourth-order valence-corrected chi connectivity index (χ4v) is 1.87. The lowest BCUT2D eigenvalue weighted by atomic mass is 10.0. The first-order valence-electron chi connectivity index (χ1n) is 5.00. The van der Waals surface area contributed by atoms with E-state index in [0.717, 1.165) is 31.4 Å². The molecule has 2 heterocycles. The smallest absolute Gasteiger partial charge is 0.0950 e. The monoisotopic (exact) mass is 196 g/mol. The molecule has 1 aromatic rings. The van der Waals surface area contributed by atoms with Gasteiger partial charge in [-0.25, -0.2) is 0 Å². The van der Waals surface area contributed by atoms with Gasteiger partial charge < -0.3 is 9.15 Å². The van der Waals surface area contributed by atoms with Crippen molar-refractivity contribution in [2.45, 2.75) is 31.4 Å². The molecule has 0 spiro atoms. The van der Waals surface area contributed by atoms with Gasteiger partial charge in [0, 0.05) is 12.2 Å². The molecule has 1 aliphatic rings. The standard InChI is InChI=1S/C10H16N2O2/c11-12-10(8-3-5-13-7-8)6-9-2-1-4-14-9/h3,5,7,9-10,12H,1-2,4,6,11H2. The molecule has 14 heavy (non-hydrogen) atoms. The average molecular weight is 196 g/mol. The maximum Gasteiger partial charge on any atom is 0.0950 e. The summed E-state index contributed by atoms with van der Waals surface area (Å²) in [5.74, 6) is 5.49. The van der Waals surface area contributed by atoms with Gasteiger partial charge in [0.25, 0.3) is 0 Å². The second kappa shape index (κ2) is 4.59. The average Bonchev–Trinajstić information content (AvgIpc) is 2.86. The quantitative estimate of drug-likeness (QED) is 0.563. The molecule has 2 unspecified atom stereocenters. The van der Waals surface area contributed by atoms with Crippen molar-refractivity contribution in [1.82, 2.24) is 5.43 Å². The molecule has 1 saturated heterocycles. The van der Waals surface area contributed by atoms with E-state index in [-0.39, 0.29) is 6.04 Å². The fraction of sp³-hybridized carbons (Fsp3) is 0.600. The van der Waals surface area contributed by atoms with Crippen LogP contribution in [-0.2, 0) is 4.74 Å². The van der Waals surface area contributed by atoms with E-state index in [1.165, 1.54) is 0 Å². The Morgan fingerprint density at radius 3 is 3.14 bits per heavy atom. The summed E-state index contributed by atoms with van der Waals surface area (Å²) in [6, 6.07) is 2.07. The van der Waals surface area contributed by atoms with Crippen LogP contribution in [0.4, 0.5) is 0 Å². The molecule has 0 radical (unpaired) electrons. The Bertz CT molecular complexity index is 255. The highest BCUT2D eigenvalue weighted by Crippen LogP contribution is 2.24. The lowest BCUT2D eigenvalue weighted by Crippen LogP contribution is -2.30. The molecule has 78 valence electrons. The van der Waals surface area contributed by atoms with Crippen molar-refractivity contribution in [2.75, 3.05) is 6.61 Å². The summed E-state index contributed by atoms with van der Waals surface area (Å²) < 4.78 is 10.6. The third kappa shape index (κ3) is 2.15. The number of rotatable bonds is 4. The molecule has 0 saturated carbocycles. The zero-order valence-corrected chi connectivity index (χ0v) is 8.11. The van der Waals surface area contributed by atoms with E-state index in [2.05, 4.69) is 5.43 Å². The molecule has 2 rings (SSSR count). The van der Waals surface area contributed by atoms with Gasteiger partial charge in [0.1, 0.15) is 0 Å². The van der Waals surface area contributed by atoms with Crippen LogP contribution >= 0.6 is 0 Å². The molecule has 2 atom stereocenters. The lowest BCUT2D eigenvalue weighted by molar-refractivity contribution is 0.0945. The summed E-state index contributed by atoms with van der Waals surface area (Å²) in [6.45, 7) is 0.882. The molecule has 0 aromatic carbocycles. The molecule has 1 aromatic heterocycles. The van der Waals surface area contributed by atoms with Crippen LogP contribution in [0.3, 0.4) is 0 Å². The Labute approximate surface area is 83.4 Å². The van der Waals surface area contributed by atoms with Crippen LogP contribution in [0, 0.1) is 0 Å². The molecule has 4 heteroatoms. The highest BCUT2D eigenvalue weighted by Gasteiger charge is 2.21. The molecular weight excluding hydrogens is 180 g/mol. The molecule has 0 amide bonds. The summed E-state index contributed by atoms with van der Waals surface area (Å²) in [6.07, 6.45) is 6.93. The Kier molecular flexibility index (Phi) is 3.18. The van der Waals surface area contributed by atoms with Crippen LogP contribution in [0.2, 0.25) is 0 Å². The molecule has 0 bridgehead atoms. The number of furan rings is 1. The minimum Gasteiger partial charge on any atom is -0.472 e. The molecule has 4 nitrogen and oxygen atoms in total. The van der Waals surface area contributed by atoms with E-state index in [0.29, 0.717) is 6.10 Å². The van der Waals surface area contributed by atoms with Crippen molar-refractivity contribution in [1.29, 1.82) is 0 Å². The highest BCUT2D eigenvalue weighted by atomic mass is 16.5. The minimum absolute atomic E-state index is 0.136. The van der Waals surface area contributed by atoms with E-state index in [9.17, 15) is 0 Å². The summed E-state index contributed by atoms with van der Waals surface area (Å²) in [5, 5.41) is 0. The maximum absolute atomic E-state index is 5.56. The topological polar surface area (TPSA) is 60.4 Å². The van der Waals surface area contributed by atoms with Crippen molar-refractivity contribution < 1.29 is 9.15 Å². The van der Waals surface area contributed by atoms with Crippen LogP contribution in [0.1, 0.15) is 30.9 Å². The Morgan fingerprint density at radius 2 is 2.57 bits per heavy atom. The number of hydrogen-bond acceptors (Lipinski definition) is 4. The Morgan fingerprint density at radius 1 is 1.64 bits per heavy atom. The highest BCUT2D eigenvalue weighted by molar-refractivity contribution is 5.11. The normalized spacial score (nSPS) is 23.9. The first-order valence-corrected chi connectivity index (χ1v) is 5.00. The first kappa shape index (κ1) is 9.71. The summed E-state index contributed by atoms with van der Waals surface area (Å²) >= 11 is 0. The second-order valence-electron chi connectivity index (χ2n) is 3.65. The zero-order valence-electron chi connectivity index (χ0n) is 8.11. The van der Waals surface area contributed by atoms with Crippen LogP contribution < -0.4 is 11.3 Å². The summed E-state index contributed by atoms with van der Waals surface area (Å²) in [7, 11) is 0. The second-order valence-corrected chi connectivity index (χ2v) is 3.65. The van der Waals surface area contributed by atoms with Gasteiger partial charge in [0.2, 0.25) is 0 Å². The van der Waals surface area contributed by atoms with Crippen LogP contribution in [0.5, 0.6) is 0 Å². The van der Waals surface area contributed by atoms with Crippen LogP contribution in [0.25, 0.3) is 0 Å². The fourth-order valence-electron chi connectivity index (χ4n) is 1.87. The predicted molar refractivity (Wildman–Crippen MR) is 52.4 cm³/mol. The Hall–Kier alpha value is -0.840. The third-order valence-corrected chi connectivity index (χ3v) is 2.67. The number of ether oxygens (including phenoxy) is 1. The zero-order chi connectivity index (χ0) is 9.80. The van der Waals surface area contributed by atoms with E-state index in [1.54, 1.807) is 12.5 Å². The van der Waals surface area contributed by atoms with E-state index >= 15 is 0 Å². The summed E-state index contributed by atoms with van der Waals surface area (Å²) in [5.41, 5.74) is 3.88. The van der Waals surface area contributed by atoms with Gasteiger partial charge in [0.05, 0.1) is 24.7 Å². The van der Waals surface area contributed by atoms with Gasteiger partial charge in [-0.3, -0.25) is 11.3 Å². The van der Waals surface area contributed by atoms with Crippen LogP contribution in [0.15, 0.2) is 23.0 Å². The van der Waals surface area contributed by atoms with Crippen molar-refractivity contribution in [3.05, 3.63) is 24.2 Å². The van der Waals surface area contributed by atoms with E-state index in [1.807, 2.05) is 6.07 Å². The number of nitrogens with two attached hydrogens (primary N) is 1. The molecule has 3 N–H and O–H groups in total. The van der Waals surface area contributed by atoms with Gasteiger partial charge >= 0.3 is 0 Å². The number of nitrogens with one attached hydrogen (secondary N) is 1. The van der Waals surface area contributed by atoms with Gasteiger partial charge in [-0.15, -0.1) is 0 Å². The van der Waals surface area contributed by atoms with Crippen molar-refractivity contribution >= 4 is 0 Å². The SMILES string of the molecule is NNC(CC1CCCO1)c1ccoc1. The number of hydrogen-bond donors (Lipinski definition) is 2. The van der Waals surface area contributed by atoms with E-state index in [4.69, 9.17) is 15.0 Å². The molecule has 0 aliphatic carbocycles. The molecule has 1 fully saturated rings. The molecular formula is C10H16N2O2. The van der Waals surface area contributed by atoms with Gasteiger partial charge in [-0.1, -0.05) is 0 Å². The van der Waals surface area contributed by atoms with Gasteiger partial charge in [-0.05, 0) is 25.3 Å². The van der Waals surface area contributed by atoms with Gasteiger partial charge in [0.15, 0.2) is 0 Å². The maximum atomic E-state index is 5.56. The largest absolute Gasteiger partial charge is 0.472 e. The molecule has 1 aliphatic heterocycles. The van der Waals surface area contributed by atoms with Crippen molar-refractivity contribution in [3.8, 4) is 0 Å². The minimum atomic E-state index is 0.136. The Balaban J connectivity index is 1.93. The lowest BCUT2D eigenvalue weighted by Gasteiger charge is -2.17. The predicted octanol–water partition coefficient (Wildman–Crippen LogP) is 1.35.